The lowest BCUT2D eigenvalue weighted by atomic mass is 10.2. The summed E-state index contributed by atoms with van der Waals surface area (Å²) in [6, 6.07) is 2.21. The van der Waals surface area contributed by atoms with Crippen LogP contribution in [0.25, 0.3) is 0 Å². The highest BCUT2D eigenvalue weighted by atomic mass is 79.9. The molecule has 0 amide bonds. The lowest BCUT2D eigenvalue weighted by molar-refractivity contribution is 0.680. The van der Waals surface area contributed by atoms with Crippen LogP contribution in [0.2, 0.25) is 0 Å². The van der Waals surface area contributed by atoms with Crippen molar-refractivity contribution in [2.24, 2.45) is 0 Å². The van der Waals surface area contributed by atoms with E-state index in [1.54, 1.807) is 0 Å². The van der Waals surface area contributed by atoms with Crippen molar-refractivity contribution in [2.75, 3.05) is 13.6 Å². The van der Waals surface area contributed by atoms with Crippen LogP contribution in [0.15, 0.2) is 10.5 Å². The van der Waals surface area contributed by atoms with Crippen LogP contribution < -0.4 is 5.32 Å². The van der Waals surface area contributed by atoms with Gasteiger partial charge < -0.3 is 5.32 Å². The summed E-state index contributed by atoms with van der Waals surface area (Å²) in [7, 11) is 2.01. The van der Waals surface area contributed by atoms with E-state index in [1.165, 1.54) is 33.5 Å². The first-order valence-corrected chi connectivity index (χ1v) is 6.24. The maximum atomic E-state index is 3.58. The molecule has 0 atom stereocenters. The molecule has 0 bridgehead atoms. The SMILES string of the molecule is CNCCCCc1sc(C)cc1Br. The number of rotatable bonds is 5. The lowest BCUT2D eigenvalue weighted by Crippen LogP contribution is -2.07. The summed E-state index contributed by atoms with van der Waals surface area (Å²) >= 11 is 5.49. The molecular formula is C10H16BrNS. The fourth-order valence-electron chi connectivity index (χ4n) is 1.29. The summed E-state index contributed by atoms with van der Waals surface area (Å²) in [6.07, 6.45) is 3.75. The fraction of sp³-hybridized carbons (Fsp3) is 0.600. The van der Waals surface area contributed by atoms with Gasteiger partial charge in [-0.05, 0) is 61.8 Å². The van der Waals surface area contributed by atoms with E-state index in [-0.39, 0.29) is 0 Å². The normalized spacial score (nSPS) is 10.7. The van der Waals surface area contributed by atoms with Gasteiger partial charge in [0.05, 0.1) is 0 Å². The Labute approximate surface area is 92.7 Å². The van der Waals surface area contributed by atoms with Crippen LogP contribution in [0.1, 0.15) is 22.6 Å². The number of unbranched alkanes of at least 4 members (excludes halogenated alkanes) is 1. The molecule has 0 saturated heterocycles. The van der Waals surface area contributed by atoms with Gasteiger partial charge in [0, 0.05) is 14.2 Å². The Bertz CT molecular complexity index is 257. The van der Waals surface area contributed by atoms with Crippen LogP contribution in [0.4, 0.5) is 0 Å². The molecular weight excluding hydrogens is 246 g/mol. The molecule has 1 rings (SSSR count). The molecule has 0 unspecified atom stereocenters. The zero-order chi connectivity index (χ0) is 9.68. The Morgan fingerprint density at radius 2 is 2.23 bits per heavy atom. The van der Waals surface area contributed by atoms with Gasteiger partial charge in [0.2, 0.25) is 0 Å². The molecule has 1 heterocycles. The van der Waals surface area contributed by atoms with E-state index in [0.29, 0.717) is 0 Å². The van der Waals surface area contributed by atoms with Gasteiger partial charge in [0.25, 0.3) is 0 Å². The summed E-state index contributed by atoms with van der Waals surface area (Å²) in [5, 5.41) is 3.17. The molecule has 0 aliphatic carbocycles. The molecule has 0 radical (unpaired) electrons. The van der Waals surface area contributed by atoms with Crippen molar-refractivity contribution in [3.05, 3.63) is 20.3 Å². The molecule has 3 heteroatoms. The van der Waals surface area contributed by atoms with Crippen molar-refractivity contribution < 1.29 is 0 Å². The standard InChI is InChI=1S/C10H16BrNS/c1-8-7-9(11)10(13-8)5-3-4-6-12-2/h7,12H,3-6H2,1-2H3. The lowest BCUT2D eigenvalue weighted by Gasteiger charge is -1.98. The van der Waals surface area contributed by atoms with Crippen molar-refractivity contribution in [1.29, 1.82) is 0 Å². The molecule has 1 nitrogen and oxygen atoms in total. The second kappa shape index (κ2) is 5.78. The minimum absolute atomic E-state index is 1.13. The zero-order valence-corrected chi connectivity index (χ0v) is 10.6. The number of hydrogen-bond acceptors (Lipinski definition) is 2. The van der Waals surface area contributed by atoms with Crippen LogP contribution in [0.3, 0.4) is 0 Å². The number of thiophene rings is 1. The van der Waals surface area contributed by atoms with Crippen LogP contribution in [0.5, 0.6) is 0 Å². The third-order valence-corrected chi connectivity index (χ3v) is 4.04. The van der Waals surface area contributed by atoms with E-state index in [4.69, 9.17) is 0 Å². The summed E-state index contributed by atoms with van der Waals surface area (Å²) in [6.45, 7) is 3.29. The van der Waals surface area contributed by atoms with Gasteiger partial charge in [-0.25, -0.2) is 0 Å². The number of aryl methyl sites for hydroxylation is 2. The van der Waals surface area contributed by atoms with E-state index < -0.39 is 0 Å². The van der Waals surface area contributed by atoms with Crippen LogP contribution >= 0.6 is 27.3 Å². The summed E-state index contributed by atoms with van der Waals surface area (Å²) in [5.74, 6) is 0. The largest absolute Gasteiger partial charge is 0.320 e. The molecule has 74 valence electrons. The first-order chi connectivity index (χ1) is 6.24. The molecule has 1 N–H and O–H groups in total. The zero-order valence-electron chi connectivity index (χ0n) is 8.19. The van der Waals surface area contributed by atoms with Crippen molar-refractivity contribution in [2.45, 2.75) is 26.2 Å². The third-order valence-electron chi connectivity index (χ3n) is 1.96. The predicted molar refractivity (Wildman–Crippen MR) is 63.6 cm³/mol. The Balaban J connectivity index is 2.32. The van der Waals surface area contributed by atoms with Gasteiger partial charge in [-0.1, -0.05) is 0 Å². The summed E-state index contributed by atoms with van der Waals surface area (Å²) in [5.41, 5.74) is 0. The fourth-order valence-corrected chi connectivity index (χ4v) is 3.19. The molecule has 0 saturated carbocycles. The van der Waals surface area contributed by atoms with Crippen molar-refractivity contribution in [1.82, 2.24) is 5.32 Å². The average molecular weight is 262 g/mol. The quantitative estimate of drug-likeness (QED) is 0.802. The van der Waals surface area contributed by atoms with Crippen molar-refractivity contribution in [3.8, 4) is 0 Å². The minimum atomic E-state index is 1.13. The van der Waals surface area contributed by atoms with E-state index >= 15 is 0 Å². The first-order valence-electron chi connectivity index (χ1n) is 4.63. The molecule has 0 aromatic carbocycles. The van der Waals surface area contributed by atoms with Gasteiger partial charge >= 0.3 is 0 Å². The van der Waals surface area contributed by atoms with Crippen LogP contribution in [-0.4, -0.2) is 13.6 Å². The Hall–Kier alpha value is 0.140. The van der Waals surface area contributed by atoms with E-state index in [1.807, 2.05) is 18.4 Å². The van der Waals surface area contributed by atoms with E-state index in [2.05, 4.69) is 34.2 Å². The summed E-state index contributed by atoms with van der Waals surface area (Å²) < 4.78 is 1.29. The predicted octanol–water partition coefficient (Wildman–Crippen LogP) is 3.36. The summed E-state index contributed by atoms with van der Waals surface area (Å²) in [4.78, 5) is 2.89. The van der Waals surface area contributed by atoms with Gasteiger partial charge in [0.1, 0.15) is 0 Å². The van der Waals surface area contributed by atoms with Gasteiger partial charge in [-0.2, -0.15) is 0 Å². The molecule has 0 aliphatic heterocycles. The Kier molecular flexibility index (Phi) is 4.99. The second-order valence-electron chi connectivity index (χ2n) is 3.19. The van der Waals surface area contributed by atoms with Crippen molar-refractivity contribution >= 4 is 27.3 Å². The molecule has 13 heavy (non-hydrogen) atoms. The van der Waals surface area contributed by atoms with Gasteiger partial charge in [-0.15, -0.1) is 11.3 Å². The molecule has 0 fully saturated rings. The van der Waals surface area contributed by atoms with E-state index in [9.17, 15) is 0 Å². The molecule has 1 aromatic rings. The number of hydrogen-bond donors (Lipinski definition) is 1. The Morgan fingerprint density at radius 3 is 2.77 bits per heavy atom. The highest BCUT2D eigenvalue weighted by Gasteiger charge is 2.03. The highest BCUT2D eigenvalue weighted by Crippen LogP contribution is 2.27. The maximum absolute atomic E-state index is 3.58. The number of nitrogens with one attached hydrogen (secondary N) is 1. The first kappa shape index (κ1) is 11.2. The van der Waals surface area contributed by atoms with Gasteiger partial charge in [0.15, 0.2) is 0 Å². The van der Waals surface area contributed by atoms with Gasteiger partial charge in [-0.3, -0.25) is 0 Å². The minimum Gasteiger partial charge on any atom is -0.320 e. The maximum Gasteiger partial charge on any atom is 0.0317 e. The third kappa shape index (κ3) is 3.79. The monoisotopic (exact) mass is 261 g/mol. The molecule has 0 aliphatic rings. The van der Waals surface area contributed by atoms with Crippen molar-refractivity contribution in [3.63, 3.8) is 0 Å². The Morgan fingerprint density at radius 1 is 1.46 bits per heavy atom. The molecule has 1 aromatic heterocycles. The average Bonchev–Trinajstić information content (AvgIpc) is 2.39. The molecule has 0 spiro atoms. The smallest absolute Gasteiger partial charge is 0.0317 e. The van der Waals surface area contributed by atoms with E-state index in [0.717, 1.165) is 6.54 Å². The van der Waals surface area contributed by atoms with Crippen LogP contribution in [0, 0.1) is 6.92 Å². The highest BCUT2D eigenvalue weighted by molar-refractivity contribution is 9.10. The number of halogens is 1. The second-order valence-corrected chi connectivity index (χ2v) is 5.38. The topological polar surface area (TPSA) is 12.0 Å². The van der Waals surface area contributed by atoms with Crippen LogP contribution in [-0.2, 0) is 6.42 Å².